The monoisotopic (exact) mass is 277 g/mol. The Morgan fingerprint density at radius 3 is 2.70 bits per heavy atom. The molecule has 1 aliphatic carbocycles. The summed E-state index contributed by atoms with van der Waals surface area (Å²) in [6.45, 7) is 8.71. The third kappa shape index (κ3) is 2.98. The summed E-state index contributed by atoms with van der Waals surface area (Å²) in [6, 6.07) is 3.79. The Labute approximate surface area is 121 Å². The lowest BCUT2D eigenvalue weighted by molar-refractivity contribution is 0.0204. The van der Waals surface area contributed by atoms with Crippen molar-refractivity contribution in [3.8, 4) is 0 Å². The van der Waals surface area contributed by atoms with Crippen LogP contribution in [-0.2, 0) is 0 Å². The minimum absolute atomic E-state index is 0.0565. The van der Waals surface area contributed by atoms with Crippen LogP contribution < -0.4 is 5.56 Å². The highest BCUT2D eigenvalue weighted by Crippen LogP contribution is 2.45. The number of aliphatic hydroxyl groups excluding tert-OH is 1. The highest BCUT2D eigenvalue weighted by Gasteiger charge is 2.39. The van der Waals surface area contributed by atoms with Crippen molar-refractivity contribution in [3.63, 3.8) is 0 Å². The predicted octanol–water partition coefficient (Wildman–Crippen LogP) is 3.30. The number of hydrogen-bond donors (Lipinski definition) is 1. The molecule has 2 rings (SSSR count). The summed E-state index contributed by atoms with van der Waals surface area (Å²) in [7, 11) is 0. The number of aryl methyl sites for hydroxylation is 1. The fraction of sp³-hybridized carbons (Fsp3) is 0.706. The molecule has 1 fully saturated rings. The van der Waals surface area contributed by atoms with E-state index in [1.54, 1.807) is 6.07 Å². The van der Waals surface area contributed by atoms with E-state index in [4.69, 9.17) is 0 Å². The molecule has 1 heterocycles. The van der Waals surface area contributed by atoms with Crippen LogP contribution in [0.25, 0.3) is 0 Å². The van der Waals surface area contributed by atoms with Gasteiger partial charge in [-0.05, 0) is 49.1 Å². The number of nitrogens with zero attached hydrogens (tertiary/aromatic N) is 1. The fourth-order valence-corrected chi connectivity index (χ4v) is 3.47. The molecule has 0 radical (unpaired) electrons. The quantitative estimate of drug-likeness (QED) is 0.921. The second kappa shape index (κ2) is 5.72. The molecule has 20 heavy (non-hydrogen) atoms. The first-order valence-electron chi connectivity index (χ1n) is 7.72. The highest BCUT2D eigenvalue weighted by atomic mass is 16.3. The molecule has 0 aromatic carbocycles. The van der Waals surface area contributed by atoms with E-state index in [0.717, 1.165) is 24.8 Å². The Bertz CT molecular complexity index is 518. The van der Waals surface area contributed by atoms with Crippen LogP contribution in [0.4, 0.5) is 0 Å². The number of rotatable bonds is 3. The maximum Gasteiger partial charge on any atom is 0.251 e. The molecule has 0 aliphatic heterocycles. The van der Waals surface area contributed by atoms with Gasteiger partial charge in [0.2, 0.25) is 0 Å². The van der Waals surface area contributed by atoms with Crippen molar-refractivity contribution in [2.75, 3.05) is 0 Å². The summed E-state index contributed by atoms with van der Waals surface area (Å²) in [4.78, 5) is 12.3. The van der Waals surface area contributed by atoms with Gasteiger partial charge in [0.25, 0.3) is 5.56 Å². The van der Waals surface area contributed by atoms with E-state index in [1.807, 2.05) is 23.8 Å². The minimum atomic E-state index is -0.280. The fourth-order valence-electron chi connectivity index (χ4n) is 3.47. The summed E-state index contributed by atoms with van der Waals surface area (Å²) in [5.74, 6) is 0.441. The first-order chi connectivity index (χ1) is 9.35. The van der Waals surface area contributed by atoms with Gasteiger partial charge < -0.3 is 9.67 Å². The lowest BCUT2D eigenvalue weighted by Gasteiger charge is -2.44. The van der Waals surface area contributed by atoms with Crippen molar-refractivity contribution in [2.24, 2.45) is 11.3 Å². The second-order valence-electron chi connectivity index (χ2n) is 6.93. The van der Waals surface area contributed by atoms with Crippen molar-refractivity contribution in [1.29, 1.82) is 0 Å². The van der Waals surface area contributed by atoms with Crippen LogP contribution in [0.5, 0.6) is 0 Å². The lowest BCUT2D eigenvalue weighted by atomic mass is 9.66. The van der Waals surface area contributed by atoms with E-state index in [-0.39, 0.29) is 23.1 Å². The van der Waals surface area contributed by atoms with Gasteiger partial charge in [0, 0.05) is 18.3 Å². The molecule has 1 aromatic rings. The van der Waals surface area contributed by atoms with Crippen LogP contribution in [-0.4, -0.2) is 15.8 Å². The van der Waals surface area contributed by atoms with Gasteiger partial charge in [0.05, 0.1) is 6.10 Å². The van der Waals surface area contributed by atoms with Crippen molar-refractivity contribution < 1.29 is 5.11 Å². The SMILES string of the molecule is CCC(C)(C)C1CCC(O)CC1n1ccc(C)cc1=O. The standard InChI is InChI=1S/C17H27NO2/c1-5-17(3,4)14-7-6-13(19)11-15(14)18-9-8-12(2)10-16(18)20/h8-10,13-15,19H,5-7,11H2,1-4H3. The van der Waals surface area contributed by atoms with Gasteiger partial charge in [-0.2, -0.15) is 0 Å². The summed E-state index contributed by atoms with van der Waals surface area (Å²) in [5, 5.41) is 10.0. The van der Waals surface area contributed by atoms with E-state index in [2.05, 4.69) is 20.8 Å². The molecular weight excluding hydrogens is 250 g/mol. The largest absolute Gasteiger partial charge is 0.393 e. The maximum absolute atomic E-state index is 12.3. The molecule has 0 saturated heterocycles. The van der Waals surface area contributed by atoms with Crippen molar-refractivity contribution >= 4 is 0 Å². The van der Waals surface area contributed by atoms with Gasteiger partial charge >= 0.3 is 0 Å². The van der Waals surface area contributed by atoms with Crippen molar-refractivity contribution in [3.05, 3.63) is 34.2 Å². The highest BCUT2D eigenvalue weighted by molar-refractivity contribution is 5.09. The number of pyridine rings is 1. The van der Waals surface area contributed by atoms with E-state index < -0.39 is 0 Å². The molecule has 3 heteroatoms. The zero-order chi connectivity index (χ0) is 14.9. The van der Waals surface area contributed by atoms with Gasteiger partial charge in [0.1, 0.15) is 0 Å². The average Bonchev–Trinajstić information content (AvgIpc) is 2.38. The van der Waals surface area contributed by atoms with Crippen LogP contribution in [0.15, 0.2) is 23.1 Å². The smallest absolute Gasteiger partial charge is 0.251 e. The van der Waals surface area contributed by atoms with Crippen LogP contribution in [0, 0.1) is 18.3 Å². The first kappa shape index (κ1) is 15.3. The van der Waals surface area contributed by atoms with Gasteiger partial charge in [0.15, 0.2) is 0 Å². The zero-order valence-electron chi connectivity index (χ0n) is 13.1. The third-order valence-corrected chi connectivity index (χ3v) is 5.16. The van der Waals surface area contributed by atoms with Crippen LogP contribution in [0.2, 0.25) is 0 Å². The predicted molar refractivity (Wildman–Crippen MR) is 81.9 cm³/mol. The average molecular weight is 277 g/mol. The second-order valence-corrected chi connectivity index (χ2v) is 6.93. The maximum atomic E-state index is 12.3. The zero-order valence-corrected chi connectivity index (χ0v) is 13.1. The van der Waals surface area contributed by atoms with Gasteiger partial charge in [-0.3, -0.25) is 4.79 Å². The Morgan fingerprint density at radius 1 is 1.40 bits per heavy atom. The molecule has 0 spiro atoms. The van der Waals surface area contributed by atoms with Crippen molar-refractivity contribution in [1.82, 2.24) is 4.57 Å². The molecule has 1 N–H and O–H groups in total. The van der Waals surface area contributed by atoms with Crippen LogP contribution >= 0.6 is 0 Å². The first-order valence-corrected chi connectivity index (χ1v) is 7.72. The molecule has 0 amide bonds. The molecule has 3 atom stereocenters. The normalized spacial score (nSPS) is 27.6. The minimum Gasteiger partial charge on any atom is -0.393 e. The lowest BCUT2D eigenvalue weighted by Crippen LogP contribution is -2.41. The van der Waals surface area contributed by atoms with E-state index in [0.29, 0.717) is 12.3 Å². The molecule has 3 unspecified atom stereocenters. The molecule has 3 nitrogen and oxygen atoms in total. The summed E-state index contributed by atoms with van der Waals surface area (Å²) < 4.78 is 1.84. The topological polar surface area (TPSA) is 42.2 Å². The molecule has 1 aromatic heterocycles. The molecule has 112 valence electrons. The van der Waals surface area contributed by atoms with Gasteiger partial charge in [-0.15, -0.1) is 0 Å². The molecule has 1 saturated carbocycles. The number of aliphatic hydroxyl groups is 1. The summed E-state index contributed by atoms with van der Waals surface area (Å²) in [6.07, 6.45) is 5.25. The van der Waals surface area contributed by atoms with Crippen LogP contribution in [0.1, 0.15) is 58.1 Å². The summed E-state index contributed by atoms with van der Waals surface area (Å²) >= 11 is 0. The molecule has 0 bridgehead atoms. The van der Waals surface area contributed by atoms with Crippen LogP contribution in [0.3, 0.4) is 0 Å². The van der Waals surface area contributed by atoms with Gasteiger partial charge in [-0.25, -0.2) is 0 Å². The Hall–Kier alpha value is -1.09. The Morgan fingerprint density at radius 2 is 2.10 bits per heavy atom. The van der Waals surface area contributed by atoms with E-state index in [1.165, 1.54) is 0 Å². The van der Waals surface area contributed by atoms with E-state index in [9.17, 15) is 9.90 Å². The third-order valence-electron chi connectivity index (χ3n) is 5.16. The van der Waals surface area contributed by atoms with Gasteiger partial charge in [-0.1, -0.05) is 27.2 Å². The Kier molecular flexibility index (Phi) is 4.38. The Balaban J connectivity index is 2.40. The summed E-state index contributed by atoms with van der Waals surface area (Å²) in [5.41, 5.74) is 1.24. The molecule has 1 aliphatic rings. The number of hydrogen-bond acceptors (Lipinski definition) is 2. The number of aromatic nitrogens is 1. The molecular formula is C17H27NO2. The van der Waals surface area contributed by atoms with Crippen molar-refractivity contribution in [2.45, 2.75) is 65.5 Å². The van der Waals surface area contributed by atoms with E-state index >= 15 is 0 Å².